The molecule has 18 heavy (non-hydrogen) atoms. The van der Waals surface area contributed by atoms with Crippen LogP contribution in [0.2, 0.25) is 0 Å². The van der Waals surface area contributed by atoms with E-state index in [0.717, 1.165) is 7.11 Å². The molecule has 0 aliphatic heterocycles. The van der Waals surface area contributed by atoms with Crippen molar-refractivity contribution < 1.29 is 31.5 Å². The van der Waals surface area contributed by atoms with Crippen molar-refractivity contribution >= 4 is 21.9 Å². The molecule has 0 saturated carbocycles. The zero-order valence-corrected chi connectivity index (χ0v) is 10.3. The molecule has 1 heterocycles. The molecule has 0 fully saturated rings. The summed E-state index contributed by atoms with van der Waals surface area (Å²) < 4.78 is 66.3. The van der Waals surface area contributed by atoms with E-state index in [4.69, 9.17) is 0 Å². The summed E-state index contributed by atoms with van der Waals surface area (Å²) in [5.74, 6) is -1.16. The molecule has 1 aromatic rings. The van der Waals surface area contributed by atoms with Crippen LogP contribution in [0.5, 0.6) is 0 Å². The number of carbonyl (C=O) groups excluding carboxylic acids is 1. The van der Waals surface area contributed by atoms with Gasteiger partial charge in [0.15, 0.2) is 5.69 Å². The second kappa shape index (κ2) is 5.17. The topological polar surface area (TPSA) is 39.2 Å². The molecule has 0 aliphatic carbocycles. The number of alkyl halides is 5. The Kier molecular flexibility index (Phi) is 4.25. The van der Waals surface area contributed by atoms with Crippen LogP contribution in [0.3, 0.4) is 0 Å². The van der Waals surface area contributed by atoms with Crippen LogP contribution < -0.4 is 0 Å². The molecule has 0 aromatic carbocycles. The van der Waals surface area contributed by atoms with Gasteiger partial charge in [0.2, 0.25) is 0 Å². The lowest BCUT2D eigenvalue weighted by atomic mass is 10.1. The smallest absolute Gasteiger partial charge is 0.418 e. The van der Waals surface area contributed by atoms with E-state index in [-0.39, 0.29) is 0 Å². The van der Waals surface area contributed by atoms with E-state index in [9.17, 15) is 26.7 Å². The van der Waals surface area contributed by atoms with Crippen LogP contribution in [-0.2, 0) is 10.9 Å². The lowest BCUT2D eigenvalue weighted by Gasteiger charge is -2.15. The van der Waals surface area contributed by atoms with Crippen molar-refractivity contribution in [2.75, 3.05) is 7.11 Å². The predicted molar refractivity (Wildman–Crippen MR) is 53.2 cm³/mol. The number of methoxy groups -OCH3 is 1. The molecule has 0 atom stereocenters. The summed E-state index contributed by atoms with van der Waals surface area (Å²) in [5.41, 5.74) is -3.65. The van der Waals surface area contributed by atoms with Gasteiger partial charge in [-0.25, -0.2) is 18.6 Å². The van der Waals surface area contributed by atoms with Gasteiger partial charge in [-0.1, -0.05) is 0 Å². The Labute approximate surface area is 106 Å². The first-order valence-corrected chi connectivity index (χ1v) is 5.11. The van der Waals surface area contributed by atoms with Gasteiger partial charge in [0, 0.05) is 11.8 Å². The van der Waals surface area contributed by atoms with Crippen LogP contribution in [0.15, 0.2) is 10.7 Å². The van der Waals surface area contributed by atoms with Crippen LogP contribution in [0.1, 0.15) is 28.0 Å². The van der Waals surface area contributed by atoms with E-state index in [2.05, 4.69) is 25.7 Å². The van der Waals surface area contributed by atoms with Crippen molar-refractivity contribution in [1.82, 2.24) is 4.98 Å². The molecule has 9 heteroatoms. The van der Waals surface area contributed by atoms with E-state index in [0.29, 0.717) is 6.20 Å². The normalized spacial score (nSPS) is 11.8. The number of aromatic nitrogens is 1. The maximum absolute atomic E-state index is 12.7. The van der Waals surface area contributed by atoms with E-state index >= 15 is 0 Å². The molecule has 0 radical (unpaired) electrons. The first-order chi connectivity index (χ1) is 8.20. The summed E-state index contributed by atoms with van der Waals surface area (Å²) in [6, 6.07) is 0. The zero-order chi connectivity index (χ0) is 14.1. The first-order valence-electron chi connectivity index (χ1n) is 4.32. The van der Waals surface area contributed by atoms with Gasteiger partial charge in [-0.2, -0.15) is 13.2 Å². The van der Waals surface area contributed by atoms with Crippen LogP contribution in [0.25, 0.3) is 0 Å². The number of ether oxygens (including phenoxy) is 1. The monoisotopic (exact) mass is 333 g/mol. The molecular formula is C9H5BrF5NO2. The molecule has 0 spiro atoms. The number of carbonyl (C=O) groups is 1. The summed E-state index contributed by atoms with van der Waals surface area (Å²) in [6.07, 6.45) is -8.10. The van der Waals surface area contributed by atoms with Crippen molar-refractivity contribution in [2.24, 2.45) is 0 Å². The lowest BCUT2D eigenvalue weighted by Crippen LogP contribution is -2.16. The summed E-state index contributed by atoms with van der Waals surface area (Å²) in [4.78, 5) is 14.4. The summed E-state index contributed by atoms with van der Waals surface area (Å²) in [7, 11) is 0.935. The third-order valence-electron chi connectivity index (χ3n) is 1.95. The number of rotatable bonds is 2. The highest BCUT2D eigenvalue weighted by Crippen LogP contribution is 2.41. The lowest BCUT2D eigenvalue weighted by molar-refractivity contribution is -0.140. The minimum atomic E-state index is -5.05. The molecule has 0 saturated heterocycles. The zero-order valence-electron chi connectivity index (χ0n) is 8.69. The minimum absolute atomic E-state index is 0.310. The van der Waals surface area contributed by atoms with Gasteiger partial charge >= 0.3 is 12.1 Å². The summed E-state index contributed by atoms with van der Waals surface area (Å²) >= 11 is 2.46. The Bertz CT molecular complexity index is 475. The second-order valence-electron chi connectivity index (χ2n) is 3.04. The maximum atomic E-state index is 12.7. The fraction of sp³-hybridized carbons (Fsp3) is 0.333. The Hall–Kier alpha value is -1.25. The number of esters is 1. The highest BCUT2D eigenvalue weighted by Gasteiger charge is 2.40. The molecule has 0 bridgehead atoms. The Morgan fingerprint density at radius 2 is 2.00 bits per heavy atom. The molecule has 100 valence electrons. The number of hydrogen-bond acceptors (Lipinski definition) is 3. The molecule has 1 aromatic heterocycles. The van der Waals surface area contributed by atoms with E-state index in [1.165, 1.54) is 0 Å². The first kappa shape index (κ1) is 14.8. The number of halogens is 6. The fourth-order valence-electron chi connectivity index (χ4n) is 1.19. The molecular weight excluding hydrogens is 329 g/mol. The summed E-state index contributed by atoms with van der Waals surface area (Å²) in [6.45, 7) is 0. The minimum Gasteiger partial charge on any atom is -0.464 e. The quantitative estimate of drug-likeness (QED) is 0.613. The van der Waals surface area contributed by atoms with Gasteiger partial charge in [0.05, 0.1) is 17.1 Å². The Balaban J connectivity index is 3.55. The third kappa shape index (κ3) is 2.77. The van der Waals surface area contributed by atoms with Crippen molar-refractivity contribution in [2.45, 2.75) is 12.6 Å². The number of pyridine rings is 1. The van der Waals surface area contributed by atoms with E-state index in [1.807, 2.05) is 0 Å². The van der Waals surface area contributed by atoms with Gasteiger partial charge in [0.1, 0.15) is 0 Å². The SMILES string of the molecule is COC(=O)c1ncc(C(F)F)c(C(F)(F)F)c1Br. The highest BCUT2D eigenvalue weighted by atomic mass is 79.9. The molecule has 1 rings (SSSR count). The molecule has 0 amide bonds. The van der Waals surface area contributed by atoms with Crippen molar-refractivity contribution in [3.63, 3.8) is 0 Å². The summed E-state index contributed by atoms with van der Waals surface area (Å²) in [5, 5.41) is 0. The predicted octanol–water partition coefficient (Wildman–Crippen LogP) is 3.59. The molecule has 0 unspecified atom stereocenters. The van der Waals surface area contributed by atoms with Gasteiger partial charge < -0.3 is 4.74 Å². The standard InChI is InChI=1S/C9H5BrF5NO2/c1-18-8(17)6-5(10)4(9(13,14)15)3(2-16-6)7(11)12/h2,7H,1H3. The van der Waals surface area contributed by atoms with E-state index < -0.39 is 39.9 Å². The van der Waals surface area contributed by atoms with Crippen molar-refractivity contribution in [3.8, 4) is 0 Å². The fourth-order valence-corrected chi connectivity index (χ4v) is 1.91. The van der Waals surface area contributed by atoms with Crippen molar-refractivity contribution in [1.29, 1.82) is 0 Å². The van der Waals surface area contributed by atoms with Crippen LogP contribution >= 0.6 is 15.9 Å². The van der Waals surface area contributed by atoms with Gasteiger partial charge in [-0.15, -0.1) is 0 Å². The van der Waals surface area contributed by atoms with Crippen molar-refractivity contribution in [3.05, 3.63) is 27.5 Å². The molecule has 0 aliphatic rings. The molecule has 0 N–H and O–H groups in total. The van der Waals surface area contributed by atoms with E-state index in [1.54, 1.807) is 0 Å². The maximum Gasteiger partial charge on any atom is 0.418 e. The van der Waals surface area contributed by atoms with Crippen LogP contribution in [0.4, 0.5) is 22.0 Å². The van der Waals surface area contributed by atoms with Crippen LogP contribution in [-0.4, -0.2) is 18.1 Å². The highest BCUT2D eigenvalue weighted by molar-refractivity contribution is 9.10. The van der Waals surface area contributed by atoms with Gasteiger partial charge in [-0.05, 0) is 15.9 Å². The Morgan fingerprint density at radius 1 is 1.44 bits per heavy atom. The largest absolute Gasteiger partial charge is 0.464 e. The second-order valence-corrected chi connectivity index (χ2v) is 3.83. The van der Waals surface area contributed by atoms with Gasteiger partial charge in [0.25, 0.3) is 6.43 Å². The third-order valence-corrected chi connectivity index (χ3v) is 2.72. The average molecular weight is 334 g/mol. The Morgan fingerprint density at radius 3 is 2.39 bits per heavy atom. The van der Waals surface area contributed by atoms with Gasteiger partial charge in [-0.3, -0.25) is 0 Å². The number of nitrogens with zero attached hydrogens (tertiary/aromatic N) is 1. The number of hydrogen-bond donors (Lipinski definition) is 0. The van der Waals surface area contributed by atoms with Crippen LogP contribution in [0, 0.1) is 0 Å². The molecule has 3 nitrogen and oxygen atoms in total. The average Bonchev–Trinajstić information content (AvgIpc) is 2.25.